The van der Waals surface area contributed by atoms with Crippen molar-refractivity contribution in [3.8, 4) is 0 Å². The van der Waals surface area contributed by atoms with Crippen molar-refractivity contribution in [1.29, 1.82) is 0 Å². The minimum atomic E-state index is -0.0207. The molecular weight excluding hydrogens is 264 g/mol. The van der Waals surface area contributed by atoms with Crippen molar-refractivity contribution < 1.29 is 10.2 Å². The maximum atomic E-state index is 9.56. The summed E-state index contributed by atoms with van der Waals surface area (Å²) in [7, 11) is 0. The molecule has 0 atom stereocenters. The molecule has 1 heterocycles. The summed E-state index contributed by atoms with van der Waals surface area (Å²) in [5.41, 5.74) is 1.96. The molecule has 4 heteroatoms. The fourth-order valence-electron chi connectivity index (χ4n) is 3.13. The number of hydrogen-bond acceptors (Lipinski definition) is 4. The van der Waals surface area contributed by atoms with Crippen LogP contribution in [0.25, 0.3) is 10.9 Å². The smallest absolute Gasteiger partial charge is 0.132 e. The van der Waals surface area contributed by atoms with Crippen LogP contribution in [0, 0.1) is 5.41 Å². The van der Waals surface area contributed by atoms with Crippen LogP contribution in [0.1, 0.15) is 31.2 Å². The first kappa shape index (κ1) is 14.3. The maximum Gasteiger partial charge on any atom is 0.132 e. The van der Waals surface area contributed by atoms with E-state index in [2.05, 4.69) is 10.3 Å². The van der Waals surface area contributed by atoms with Crippen LogP contribution in [0.3, 0.4) is 0 Å². The third-order valence-corrected chi connectivity index (χ3v) is 4.66. The SMILES string of the molecule is OCCC1(CNc2nc3ccccc3cc2CO)CCC1. The lowest BCUT2D eigenvalue weighted by Crippen LogP contribution is -2.37. The van der Waals surface area contributed by atoms with Gasteiger partial charge in [0.15, 0.2) is 0 Å². The molecule has 1 aliphatic rings. The monoisotopic (exact) mass is 286 g/mol. The number of hydrogen-bond donors (Lipinski definition) is 3. The topological polar surface area (TPSA) is 65.4 Å². The molecule has 112 valence electrons. The van der Waals surface area contributed by atoms with Gasteiger partial charge in [-0.15, -0.1) is 0 Å². The molecule has 1 aromatic heterocycles. The Morgan fingerprint density at radius 1 is 1.19 bits per heavy atom. The average molecular weight is 286 g/mol. The van der Waals surface area contributed by atoms with E-state index in [4.69, 9.17) is 0 Å². The van der Waals surface area contributed by atoms with Crippen molar-refractivity contribution in [3.05, 3.63) is 35.9 Å². The summed E-state index contributed by atoms with van der Waals surface area (Å²) >= 11 is 0. The second kappa shape index (κ2) is 6.00. The van der Waals surface area contributed by atoms with Crippen LogP contribution < -0.4 is 5.32 Å². The van der Waals surface area contributed by atoms with E-state index in [1.807, 2.05) is 30.3 Å². The highest BCUT2D eigenvalue weighted by molar-refractivity contribution is 5.81. The van der Waals surface area contributed by atoms with Gasteiger partial charge < -0.3 is 15.5 Å². The van der Waals surface area contributed by atoms with Crippen molar-refractivity contribution in [1.82, 2.24) is 4.98 Å². The minimum absolute atomic E-state index is 0.0207. The van der Waals surface area contributed by atoms with Gasteiger partial charge in [-0.25, -0.2) is 4.98 Å². The molecule has 0 aliphatic heterocycles. The third kappa shape index (κ3) is 2.87. The van der Waals surface area contributed by atoms with Crippen molar-refractivity contribution in [2.24, 2.45) is 5.41 Å². The molecular formula is C17H22N2O2. The second-order valence-corrected chi connectivity index (χ2v) is 6.03. The lowest BCUT2D eigenvalue weighted by molar-refractivity contribution is 0.101. The Hall–Kier alpha value is -1.65. The first-order chi connectivity index (χ1) is 10.3. The van der Waals surface area contributed by atoms with Crippen LogP contribution in [0.4, 0.5) is 5.82 Å². The van der Waals surface area contributed by atoms with Crippen LogP contribution in [-0.2, 0) is 6.61 Å². The van der Waals surface area contributed by atoms with Crippen molar-refractivity contribution in [2.45, 2.75) is 32.3 Å². The summed E-state index contributed by atoms with van der Waals surface area (Å²) in [5.74, 6) is 0.764. The quantitative estimate of drug-likeness (QED) is 0.764. The molecule has 1 aliphatic carbocycles. The summed E-state index contributed by atoms with van der Waals surface area (Å²) in [6, 6.07) is 9.92. The number of benzene rings is 1. The van der Waals surface area contributed by atoms with Gasteiger partial charge in [0.2, 0.25) is 0 Å². The van der Waals surface area contributed by atoms with Crippen LogP contribution in [-0.4, -0.2) is 28.3 Å². The first-order valence-corrected chi connectivity index (χ1v) is 7.61. The Morgan fingerprint density at radius 3 is 2.67 bits per heavy atom. The maximum absolute atomic E-state index is 9.56. The van der Waals surface area contributed by atoms with Gasteiger partial charge in [0.1, 0.15) is 5.82 Å². The zero-order valence-corrected chi connectivity index (χ0v) is 12.2. The third-order valence-electron chi connectivity index (χ3n) is 4.66. The highest BCUT2D eigenvalue weighted by Gasteiger charge is 2.36. The van der Waals surface area contributed by atoms with E-state index in [1.165, 1.54) is 6.42 Å². The average Bonchev–Trinajstić information content (AvgIpc) is 2.48. The summed E-state index contributed by atoms with van der Waals surface area (Å²) in [4.78, 5) is 4.63. The molecule has 0 unspecified atom stereocenters. The fraction of sp³-hybridized carbons (Fsp3) is 0.471. The largest absolute Gasteiger partial charge is 0.396 e. The Labute approximate surface area is 124 Å². The molecule has 0 saturated heterocycles. The lowest BCUT2D eigenvalue weighted by Gasteiger charge is -2.42. The molecule has 0 radical (unpaired) electrons. The van der Waals surface area contributed by atoms with Crippen molar-refractivity contribution in [3.63, 3.8) is 0 Å². The van der Waals surface area contributed by atoms with E-state index in [0.29, 0.717) is 0 Å². The zero-order chi connectivity index (χ0) is 14.7. The van der Waals surface area contributed by atoms with Gasteiger partial charge in [0.05, 0.1) is 12.1 Å². The van der Waals surface area contributed by atoms with E-state index in [0.717, 1.165) is 48.1 Å². The van der Waals surface area contributed by atoms with E-state index < -0.39 is 0 Å². The summed E-state index contributed by atoms with van der Waals surface area (Å²) in [6.07, 6.45) is 4.38. The van der Waals surface area contributed by atoms with Gasteiger partial charge in [-0.05, 0) is 36.8 Å². The molecule has 1 aromatic carbocycles. The number of pyridine rings is 1. The van der Waals surface area contributed by atoms with Crippen LogP contribution in [0.2, 0.25) is 0 Å². The van der Waals surface area contributed by atoms with Gasteiger partial charge in [0.25, 0.3) is 0 Å². The number of nitrogens with zero attached hydrogens (tertiary/aromatic N) is 1. The number of rotatable bonds is 6. The molecule has 0 amide bonds. The Bertz CT molecular complexity index is 623. The molecule has 0 spiro atoms. The van der Waals surface area contributed by atoms with Gasteiger partial charge in [0, 0.05) is 24.1 Å². The molecule has 3 rings (SSSR count). The Kier molecular flexibility index (Phi) is 4.08. The zero-order valence-electron chi connectivity index (χ0n) is 12.2. The number of anilines is 1. The molecule has 1 fully saturated rings. The number of aromatic nitrogens is 1. The molecule has 3 N–H and O–H groups in total. The molecule has 0 bridgehead atoms. The molecule has 1 saturated carbocycles. The highest BCUT2D eigenvalue weighted by atomic mass is 16.3. The van der Waals surface area contributed by atoms with Crippen molar-refractivity contribution in [2.75, 3.05) is 18.5 Å². The number of aliphatic hydroxyl groups excluding tert-OH is 2. The van der Waals surface area contributed by atoms with Gasteiger partial charge in [-0.1, -0.05) is 24.6 Å². The van der Waals surface area contributed by atoms with Crippen LogP contribution >= 0.6 is 0 Å². The van der Waals surface area contributed by atoms with Crippen molar-refractivity contribution >= 4 is 16.7 Å². The minimum Gasteiger partial charge on any atom is -0.396 e. The first-order valence-electron chi connectivity index (χ1n) is 7.61. The van der Waals surface area contributed by atoms with Gasteiger partial charge in [-0.3, -0.25) is 0 Å². The highest BCUT2D eigenvalue weighted by Crippen LogP contribution is 2.43. The second-order valence-electron chi connectivity index (χ2n) is 6.03. The van der Waals surface area contributed by atoms with E-state index in [9.17, 15) is 10.2 Å². The van der Waals surface area contributed by atoms with Gasteiger partial charge >= 0.3 is 0 Å². The summed E-state index contributed by atoms with van der Waals surface area (Å²) in [5, 5.41) is 23.2. The normalized spacial score (nSPS) is 16.7. The molecule has 21 heavy (non-hydrogen) atoms. The number of para-hydroxylation sites is 1. The number of fused-ring (bicyclic) bond motifs is 1. The Balaban J connectivity index is 1.82. The van der Waals surface area contributed by atoms with E-state index in [-0.39, 0.29) is 18.6 Å². The van der Waals surface area contributed by atoms with Crippen LogP contribution in [0.5, 0.6) is 0 Å². The summed E-state index contributed by atoms with van der Waals surface area (Å²) in [6.45, 7) is 1.03. The fourth-order valence-corrected chi connectivity index (χ4v) is 3.13. The van der Waals surface area contributed by atoms with E-state index in [1.54, 1.807) is 0 Å². The summed E-state index contributed by atoms with van der Waals surface area (Å²) < 4.78 is 0. The molecule has 2 aromatic rings. The molecule has 4 nitrogen and oxygen atoms in total. The van der Waals surface area contributed by atoms with Crippen LogP contribution in [0.15, 0.2) is 30.3 Å². The number of aliphatic hydroxyl groups is 2. The number of nitrogens with one attached hydrogen (secondary N) is 1. The predicted molar refractivity (Wildman–Crippen MR) is 84.1 cm³/mol. The predicted octanol–water partition coefficient (Wildman–Crippen LogP) is 2.69. The van der Waals surface area contributed by atoms with Gasteiger partial charge in [-0.2, -0.15) is 0 Å². The van der Waals surface area contributed by atoms with E-state index >= 15 is 0 Å². The lowest BCUT2D eigenvalue weighted by atomic mass is 9.67. The Morgan fingerprint density at radius 2 is 2.00 bits per heavy atom. The standard InChI is InChI=1S/C17H22N2O2/c20-9-8-17(6-3-7-17)12-18-16-14(11-21)10-13-4-1-2-5-15(13)19-16/h1-2,4-5,10,20-21H,3,6-9,11-12H2,(H,18,19).